The first-order chi connectivity index (χ1) is 10.3. The molecule has 3 nitrogen and oxygen atoms in total. The van der Waals surface area contributed by atoms with Gasteiger partial charge in [0.25, 0.3) is 0 Å². The summed E-state index contributed by atoms with van der Waals surface area (Å²) in [4.78, 5) is 4.25. The Kier molecular flexibility index (Phi) is 4.42. The summed E-state index contributed by atoms with van der Waals surface area (Å²) in [5.41, 5.74) is 3.85. The predicted octanol–water partition coefficient (Wildman–Crippen LogP) is 4.13. The van der Waals surface area contributed by atoms with Crippen LogP contribution in [-0.2, 0) is 19.4 Å². The number of ether oxygens (including phenoxy) is 1. The summed E-state index contributed by atoms with van der Waals surface area (Å²) in [6.45, 7) is 0.696. The van der Waals surface area contributed by atoms with E-state index in [1.165, 1.54) is 30.4 Å². The second-order valence-corrected chi connectivity index (χ2v) is 5.79. The van der Waals surface area contributed by atoms with E-state index in [1.807, 2.05) is 19.2 Å². The molecule has 21 heavy (non-hydrogen) atoms. The number of rotatable bonds is 4. The molecule has 0 unspecified atom stereocenters. The van der Waals surface area contributed by atoms with Crippen molar-refractivity contribution in [3.63, 3.8) is 0 Å². The molecule has 1 aliphatic carbocycles. The zero-order chi connectivity index (χ0) is 14.7. The Morgan fingerprint density at radius 1 is 1.19 bits per heavy atom. The van der Waals surface area contributed by atoms with Gasteiger partial charge in [-0.2, -0.15) is 0 Å². The lowest BCUT2D eigenvalue weighted by atomic mass is 9.92. The van der Waals surface area contributed by atoms with Crippen molar-refractivity contribution in [1.29, 1.82) is 0 Å². The van der Waals surface area contributed by atoms with E-state index < -0.39 is 0 Å². The van der Waals surface area contributed by atoms with Crippen molar-refractivity contribution >= 4 is 11.6 Å². The summed E-state index contributed by atoms with van der Waals surface area (Å²) in [7, 11) is 1.89. The number of fused-ring (bicyclic) bond motifs is 1. The van der Waals surface area contributed by atoms with E-state index in [0.29, 0.717) is 17.4 Å². The summed E-state index contributed by atoms with van der Waals surface area (Å²) < 4.78 is 5.89. The van der Waals surface area contributed by atoms with Crippen molar-refractivity contribution in [3.8, 4) is 11.6 Å². The molecule has 0 aliphatic heterocycles. The first kappa shape index (κ1) is 14.4. The molecule has 0 saturated carbocycles. The van der Waals surface area contributed by atoms with Gasteiger partial charge in [0.05, 0.1) is 5.02 Å². The number of nitrogens with one attached hydrogen (secondary N) is 1. The third kappa shape index (κ3) is 3.36. The van der Waals surface area contributed by atoms with Gasteiger partial charge in [-0.25, -0.2) is 4.98 Å². The van der Waals surface area contributed by atoms with Gasteiger partial charge in [0.15, 0.2) is 0 Å². The van der Waals surface area contributed by atoms with E-state index in [4.69, 9.17) is 16.3 Å². The second kappa shape index (κ2) is 6.46. The number of nitrogens with zero attached hydrogens (tertiary/aromatic N) is 1. The monoisotopic (exact) mass is 302 g/mol. The first-order valence-electron chi connectivity index (χ1n) is 7.35. The minimum absolute atomic E-state index is 0.584. The van der Waals surface area contributed by atoms with Crippen molar-refractivity contribution in [2.45, 2.75) is 32.2 Å². The fourth-order valence-corrected chi connectivity index (χ4v) is 2.90. The van der Waals surface area contributed by atoms with Gasteiger partial charge in [-0.05, 0) is 61.6 Å². The highest BCUT2D eigenvalue weighted by atomic mass is 35.5. The minimum atomic E-state index is 0.584. The Labute approximate surface area is 130 Å². The molecule has 1 aromatic heterocycles. The molecule has 1 N–H and O–H groups in total. The van der Waals surface area contributed by atoms with Crippen LogP contribution in [-0.4, -0.2) is 12.0 Å². The van der Waals surface area contributed by atoms with Crippen molar-refractivity contribution in [3.05, 3.63) is 52.2 Å². The first-order valence-corrected chi connectivity index (χ1v) is 7.73. The molecule has 0 fully saturated rings. The van der Waals surface area contributed by atoms with Crippen LogP contribution in [0.25, 0.3) is 0 Å². The smallest absolute Gasteiger partial charge is 0.219 e. The number of hydrogen-bond acceptors (Lipinski definition) is 3. The summed E-state index contributed by atoms with van der Waals surface area (Å²) in [5, 5.41) is 3.74. The molecule has 0 atom stereocenters. The Hall–Kier alpha value is -1.58. The van der Waals surface area contributed by atoms with E-state index in [0.717, 1.165) is 17.7 Å². The van der Waals surface area contributed by atoms with Gasteiger partial charge in [0, 0.05) is 18.8 Å². The zero-order valence-electron chi connectivity index (χ0n) is 12.2. The quantitative estimate of drug-likeness (QED) is 0.922. The molecule has 0 amide bonds. The molecule has 0 spiro atoms. The molecule has 1 heterocycles. The molecule has 3 rings (SSSR count). The summed E-state index contributed by atoms with van der Waals surface area (Å²) in [5.74, 6) is 1.43. The van der Waals surface area contributed by atoms with E-state index >= 15 is 0 Å². The number of hydrogen-bond donors (Lipinski definition) is 1. The van der Waals surface area contributed by atoms with Crippen LogP contribution in [0.15, 0.2) is 30.5 Å². The number of halogens is 1. The number of aromatic nitrogens is 1. The Morgan fingerprint density at radius 3 is 2.81 bits per heavy atom. The minimum Gasteiger partial charge on any atom is -0.439 e. The third-order valence-electron chi connectivity index (χ3n) is 3.82. The van der Waals surface area contributed by atoms with Crippen LogP contribution < -0.4 is 10.1 Å². The molecule has 1 aliphatic rings. The molecule has 0 bridgehead atoms. The van der Waals surface area contributed by atoms with Gasteiger partial charge in [-0.1, -0.05) is 17.7 Å². The summed E-state index contributed by atoms with van der Waals surface area (Å²) in [6.07, 6.45) is 6.52. The molecule has 0 saturated heterocycles. The van der Waals surface area contributed by atoms with E-state index in [-0.39, 0.29) is 0 Å². The molecule has 1 aromatic carbocycles. The number of aryl methyl sites for hydroxylation is 2. The maximum atomic E-state index is 6.11. The van der Waals surface area contributed by atoms with Gasteiger partial charge in [0.1, 0.15) is 5.75 Å². The molecule has 2 aromatic rings. The highest BCUT2D eigenvalue weighted by Crippen LogP contribution is 2.28. The summed E-state index contributed by atoms with van der Waals surface area (Å²) in [6, 6.07) is 8.23. The van der Waals surface area contributed by atoms with Crippen molar-refractivity contribution in [2.75, 3.05) is 7.05 Å². The van der Waals surface area contributed by atoms with Crippen LogP contribution in [0.4, 0.5) is 0 Å². The normalized spacial score (nSPS) is 13.8. The van der Waals surface area contributed by atoms with Crippen LogP contribution in [0, 0.1) is 0 Å². The van der Waals surface area contributed by atoms with E-state index in [9.17, 15) is 0 Å². The Bertz CT molecular complexity index is 643. The molecular formula is C17H19ClN2O. The van der Waals surface area contributed by atoms with Crippen molar-refractivity contribution in [2.24, 2.45) is 0 Å². The fraction of sp³-hybridized carbons (Fsp3) is 0.353. The topological polar surface area (TPSA) is 34.1 Å². The highest BCUT2D eigenvalue weighted by molar-refractivity contribution is 6.31. The van der Waals surface area contributed by atoms with Crippen molar-refractivity contribution in [1.82, 2.24) is 10.3 Å². The van der Waals surface area contributed by atoms with Gasteiger partial charge in [-0.3, -0.25) is 0 Å². The maximum Gasteiger partial charge on any atom is 0.219 e. The Morgan fingerprint density at radius 2 is 2.00 bits per heavy atom. The lowest BCUT2D eigenvalue weighted by molar-refractivity contribution is 0.460. The lowest BCUT2D eigenvalue weighted by Crippen LogP contribution is -2.06. The Balaban J connectivity index is 1.81. The van der Waals surface area contributed by atoms with Crippen LogP contribution in [0.3, 0.4) is 0 Å². The number of benzene rings is 1. The zero-order valence-corrected chi connectivity index (χ0v) is 12.9. The average Bonchev–Trinajstić information content (AvgIpc) is 2.51. The van der Waals surface area contributed by atoms with Gasteiger partial charge in [0.2, 0.25) is 5.88 Å². The van der Waals surface area contributed by atoms with Crippen molar-refractivity contribution < 1.29 is 4.74 Å². The molecular weight excluding hydrogens is 284 g/mol. The largest absolute Gasteiger partial charge is 0.439 e. The third-order valence-corrected chi connectivity index (χ3v) is 4.16. The lowest BCUT2D eigenvalue weighted by Gasteiger charge is -2.16. The average molecular weight is 303 g/mol. The van der Waals surface area contributed by atoms with Crippen LogP contribution in [0.1, 0.15) is 29.5 Å². The standard InChI is InChI=1S/C17H19ClN2O/c1-19-10-14-9-17(20-11-16(14)18)21-15-7-6-12-4-2-3-5-13(12)8-15/h6-9,11,19H,2-5,10H2,1H3. The van der Waals surface area contributed by atoms with Crippen LogP contribution in [0.2, 0.25) is 5.02 Å². The molecule has 110 valence electrons. The van der Waals surface area contributed by atoms with Crippen LogP contribution in [0.5, 0.6) is 11.6 Å². The van der Waals surface area contributed by atoms with Gasteiger partial charge >= 0.3 is 0 Å². The second-order valence-electron chi connectivity index (χ2n) is 5.38. The number of pyridine rings is 1. The highest BCUT2D eigenvalue weighted by Gasteiger charge is 2.11. The van der Waals surface area contributed by atoms with E-state index in [1.54, 1.807) is 6.20 Å². The SMILES string of the molecule is CNCc1cc(Oc2ccc3c(c2)CCCC3)ncc1Cl. The maximum absolute atomic E-state index is 6.11. The summed E-state index contributed by atoms with van der Waals surface area (Å²) >= 11 is 6.11. The van der Waals surface area contributed by atoms with Gasteiger partial charge < -0.3 is 10.1 Å². The molecule has 0 radical (unpaired) electrons. The fourth-order valence-electron chi connectivity index (χ4n) is 2.73. The van der Waals surface area contributed by atoms with E-state index in [2.05, 4.69) is 22.4 Å². The van der Waals surface area contributed by atoms with Gasteiger partial charge in [-0.15, -0.1) is 0 Å². The van der Waals surface area contributed by atoms with Crippen LogP contribution >= 0.6 is 11.6 Å². The predicted molar refractivity (Wildman–Crippen MR) is 85.2 cm³/mol. The molecule has 4 heteroatoms.